The molecule has 0 atom stereocenters. The van der Waals surface area contributed by atoms with Gasteiger partial charge >= 0.3 is 0 Å². The summed E-state index contributed by atoms with van der Waals surface area (Å²) in [7, 11) is 0. The molecule has 1 rings (SSSR count). The number of phenols is 1. The van der Waals surface area contributed by atoms with Crippen LogP contribution in [0.4, 0.5) is 0 Å². The topological polar surface area (TPSA) is 32.3 Å². The van der Waals surface area contributed by atoms with E-state index in [0.29, 0.717) is 11.6 Å². The number of nitrogens with one attached hydrogen (secondary N) is 1. The van der Waals surface area contributed by atoms with Crippen LogP contribution in [0.25, 0.3) is 0 Å². The van der Waals surface area contributed by atoms with Gasteiger partial charge in [-0.2, -0.15) is 0 Å². The van der Waals surface area contributed by atoms with Crippen LogP contribution in [0.5, 0.6) is 5.75 Å². The first kappa shape index (κ1) is 13.3. The van der Waals surface area contributed by atoms with E-state index in [-0.39, 0.29) is 11.3 Å². The van der Waals surface area contributed by atoms with Crippen LogP contribution >= 0.6 is 11.6 Å². The number of phenolic OH excluding ortho intramolecular Hbond substituents is 1. The van der Waals surface area contributed by atoms with Gasteiger partial charge in [-0.15, -0.1) is 0 Å². The molecule has 0 bridgehead atoms. The van der Waals surface area contributed by atoms with Gasteiger partial charge in [0.2, 0.25) is 0 Å². The average molecular weight is 242 g/mol. The second-order valence-electron chi connectivity index (χ2n) is 4.36. The van der Waals surface area contributed by atoms with Crippen molar-refractivity contribution in [2.75, 3.05) is 0 Å². The van der Waals surface area contributed by atoms with E-state index in [4.69, 9.17) is 11.6 Å². The fourth-order valence-electron chi connectivity index (χ4n) is 1.52. The van der Waals surface area contributed by atoms with Crippen LogP contribution in [0, 0.1) is 0 Å². The maximum Gasteiger partial charge on any atom is 0.121 e. The third kappa shape index (κ3) is 3.13. The Morgan fingerprint density at radius 2 is 1.94 bits per heavy atom. The molecule has 0 amide bonds. The average Bonchev–Trinajstić information content (AvgIpc) is 2.28. The molecule has 0 radical (unpaired) electrons. The Morgan fingerprint density at radius 1 is 1.31 bits per heavy atom. The highest BCUT2D eigenvalue weighted by atomic mass is 35.5. The van der Waals surface area contributed by atoms with Crippen molar-refractivity contribution in [3.05, 3.63) is 28.8 Å². The van der Waals surface area contributed by atoms with Gasteiger partial charge in [-0.05, 0) is 31.9 Å². The molecule has 0 spiro atoms. The predicted octanol–water partition coefficient (Wildman–Crippen LogP) is 3.71. The summed E-state index contributed by atoms with van der Waals surface area (Å²) in [6.45, 7) is 7.09. The van der Waals surface area contributed by atoms with E-state index >= 15 is 0 Å². The lowest BCUT2D eigenvalue weighted by Gasteiger charge is -2.28. The van der Waals surface area contributed by atoms with Crippen molar-refractivity contribution in [1.82, 2.24) is 5.32 Å². The number of rotatable bonds is 5. The van der Waals surface area contributed by atoms with Crippen molar-refractivity contribution in [2.24, 2.45) is 0 Å². The molecule has 0 heterocycles. The fraction of sp³-hybridized carbons (Fsp3) is 0.538. The second-order valence-corrected chi connectivity index (χ2v) is 4.77. The van der Waals surface area contributed by atoms with Gasteiger partial charge in [-0.1, -0.05) is 31.5 Å². The first-order valence-electron chi connectivity index (χ1n) is 5.74. The lowest BCUT2D eigenvalue weighted by Crippen LogP contribution is -2.40. The third-order valence-electron chi connectivity index (χ3n) is 3.35. The Hall–Kier alpha value is -0.730. The molecule has 0 saturated carbocycles. The standard InChI is InChI=1S/C13H20ClNO/c1-4-13(3,5-2)15-9-10-11(14)7-6-8-12(10)16/h6-8,15-16H,4-5,9H2,1-3H3. The molecule has 0 aliphatic carbocycles. The summed E-state index contributed by atoms with van der Waals surface area (Å²) in [6, 6.07) is 5.21. The highest BCUT2D eigenvalue weighted by Crippen LogP contribution is 2.26. The summed E-state index contributed by atoms with van der Waals surface area (Å²) in [5.41, 5.74) is 0.878. The van der Waals surface area contributed by atoms with Crippen molar-refractivity contribution in [1.29, 1.82) is 0 Å². The second kappa shape index (κ2) is 5.55. The van der Waals surface area contributed by atoms with Gasteiger partial charge in [-0.3, -0.25) is 0 Å². The van der Waals surface area contributed by atoms with E-state index in [2.05, 4.69) is 26.1 Å². The molecule has 0 fully saturated rings. The van der Waals surface area contributed by atoms with Gasteiger partial charge in [0.15, 0.2) is 0 Å². The number of benzene rings is 1. The molecule has 90 valence electrons. The largest absolute Gasteiger partial charge is 0.508 e. The molecule has 3 heteroatoms. The minimum absolute atomic E-state index is 0.103. The molecule has 2 nitrogen and oxygen atoms in total. The first-order chi connectivity index (χ1) is 7.52. The van der Waals surface area contributed by atoms with Crippen molar-refractivity contribution < 1.29 is 5.11 Å². The number of aromatic hydroxyl groups is 1. The smallest absolute Gasteiger partial charge is 0.121 e. The predicted molar refractivity (Wildman–Crippen MR) is 68.9 cm³/mol. The van der Waals surface area contributed by atoms with Gasteiger partial charge in [0.05, 0.1) is 0 Å². The van der Waals surface area contributed by atoms with E-state index < -0.39 is 0 Å². The first-order valence-corrected chi connectivity index (χ1v) is 6.11. The molecular weight excluding hydrogens is 222 g/mol. The SMILES string of the molecule is CCC(C)(CC)NCc1c(O)cccc1Cl. The van der Waals surface area contributed by atoms with Crippen molar-refractivity contribution in [3.63, 3.8) is 0 Å². The summed E-state index contributed by atoms with van der Waals surface area (Å²) in [5.74, 6) is 0.259. The van der Waals surface area contributed by atoms with Gasteiger partial charge in [0, 0.05) is 22.7 Å². The van der Waals surface area contributed by atoms with Crippen molar-refractivity contribution in [2.45, 2.75) is 45.7 Å². The van der Waals surface area contributed by atoms with Crippen molar-refractivity contribution in [3.8, 4) is 5.75 Å². The van der Waals surface area contributed by atoms with Gasteiger partial charge in [-0.25, -0.2) is 0 Å². The highest BCUT2D eigenvalue weighted by molar-refractivity contribution is 6.31. The minimum atomic E-state index is 0.103. The van der Waals surface area contributed by atoms with Gasteiger partial charge < -0.3 is 10.4 Å². The van der Waals surface area contributed by atoms with Crippen LogP contribution in [-0.4, -0.2) is 10.6 Å². The van der Waals surface area contributed by atoms with Crippen LogP contribution < -0.4 is 5.32 Å². The van der Waals surface area contributed by atoms with E-state index in [1.54, 1.807) is 18.2 Å². The zero-order valence-electron chi connectivity index (χ0n) is 10.2. The normalized spacial score (nSPS) is 11.8. The molecule has 0 aliphatic heterocycles. The molecule has 0 saturated heterocycles. The third-order valence-corrected chi connectivity index (χ3v) is 3.70. The van der Waals surface area contributed by atoms with Gasteiger partial charge in [0.1, 0.15) is 5.75 Å². The number of hydrogen-bond donors (Lipinski definition) is 2. The zero-order valence-corrected chi connectivity index (χ0v) is 10.9. The molecule has 0 aromatic heterocycles. The Labute approximate surface area is 103 Å². The van der Waals surface area contributed by atoms with E-state index in [9.17, 15) is 5.11 Å². The quantitative estimate of drug-likeness (QED) is 0.824. The monoisotopic (exact) mass is 241 g/mol. The van der Waals surface area contributed by atoms with E-state index in [1.165, 1.54) is 0 Å². The van der Waals surface area contributed by atoms with Crippen LogP contribution in [0.2, 0.25) is 5.02 Å². The fourth-order valence-corrected chi connectivity index (χ4v) is 1.76. The molecule has 16 heavy (non-hydrogen) atoms. The molecular formula is C13H20ClNO. The van der Waals surface area contributed by atoms with Gasteiger partial charge in [0.25, 0.3) is 0 Å². The van der Waals surface area contributed by atoms with E-state index in [1.807, 2.05) is 0 Å². The lowest BCUT2D eigenvalue weighted by molar-refractivity contribution is 0.326. The molecule has 0 unspecified atom stereocenters. The zero-order chi connectivity index (χ0) is 12.2. The maximum absolute atomic E-state index is 9.71. The number of halogens is 1. The Bertz CT molecular complexity index is 328. The van der Waals surface area contributed by atoms with Crippen LogP contribution in [0.3, 0.4) is 0 Å². The van der Waals surface area contributed by atoms with E-state index in [0.717, 1.165) is 18.4 Å². The summed E-state index contributed by atoms with van der Waals surface area (Å²) < 4.78 is 0. The molecule has 2 N–H and O–H groups in total. The summed E-state index contributed by atoms with van der Waals surface area (Å²) in [4.78, 5) is 0. The number of hydrogen-bond acceptors (Lipinski definition) is 2. The Kier molecular flexibility index (Phi) is 4.63. The summed E-state index contributed by atoms with van der Waals surface area (Å²) in [6.07, 6.45) is 2.10. The van der Waals surface area contributed by atoms with Crippen molar-refractivity contribution >= 4 is 11.6 Å². The molecule has 1 aromatic rings. The lowest BCUT2D eigenvalue weighted by atomic mass is 9.95. The summed E-state index contributed by atoms with van der Waals surface area (Å²) >= 11 is 6.04. The highest BCUT2D eigenvalue weighted by Gasteiger charge is 2.19. The molecule has 0 aliphatic rings. The van der Waals surface area contributed by atoms with Crippen LogP contribution in [-0.2, 0) is 6.54 Å². The molecule has 1 aromatic carbocycles. The summed E-state index contributed by atoms with van der Waals surface area (Å²) in [5, 5.41) is 13.8. The minimum Gasteiger partial charge on any atom is -0.508 e. The van der Waals surface area contributed by atoms with Crippen LogP contribution in [0.15, 0.2) is 18.2 Å². The Morgan fingerprint density at radius 3 is 2.44 bits per heavy atom. The van der Waals surface area contributed by atoms with Crippen LogP contribution in [0.1, 0.15) is 39.2 Å². The maximum atomic E-state index is 9.71. The Balaban J connectivity index is 2.75.